The summed E-state index contributed by atoms with van der Waals surface area (Å²) in [5.41, 5.74) is 4.40. The first-order chi connectivity index (χ1) is 10.5. The van der Waals surface area contributed by atoms with Crippen LogP contribution in [0.2, 0.25) is 0 Å². The van der Waals surface area contributed by atoms with Crippen molar-refractivity contribution in [1.82, 2.24) is 4.90 Å². The summed E-state index contributed by atoms with van der Waals surface area (Å²) < 4.78 is 0. The molecule has 0 radical (unpaired) electrons. The van der Waals surface area contributed by atoms with E-state index in [-0.39, 0.29) is 22.2 Å². The third-order valence-electron chi connectivity index (χ3n) is 3.33. The number of hydrogen-bond acceptors (Lipinski definition) is 2. The van der Waals surface area contributed by atoms with Crippen molar-refractivity contribution in [2.24, 2.45) is 5.73 Å². The van der Waals surface area contributed by atoms with Crippen LogP contribution in [0.1, 0.15) is 78.1 Å². The van der Waals surface area contributed by atoms with E-state index in [1.165, 1.54) is 51.4 Å². The molecule has 0 spiro atoms. The van der Waals surface area contributed by atoms with Crippen molar-refractivity contribution >= 4 is 34.8 Å². The second kappa shape index (κ2) is 21.9. The molecule has 0 saturated heterocycles. The van der Waals surface area contributed by atoms with Gasteiger partial charge < -0.3 is 20.8 Å². The van der Waals surface area contributed by atoms with Gasteiger partial charge in [0.25, 0.3) is 10.3 Å². The fraction of sp³-hybridized carbons (Fsp3) is 0.875. The molecule has 0 atom stereocenters. The largest absolute Gasteiger partial charge is 0.487 e. The molecule has 0 amide bonds. The zero-order valence-electron chi connectivity index (χ0n) is 14.6. The molecule has 0 aromatic heterocycles. The Labute approximate surface area is 163 Å². The van der Waals surface area contributed by atoms with E-state index in [1.807, 2.05) is 4.90 Å². The van der Waals surface area contributed by atoms with Gasteiger partial charge in [0.1, 0.15) is 0 Å². The molecule has 7 heteroatoms. The molecule has 0 heterocycles. The van der Waals surface area contributed by atoms with Crippen molar-refractivity contribution in [1.29, 1.82) is 0 Å². The number of aliphatic hydroxyl groups is 2. The van der Waals surface area contributed by atoms with Gasteiger partial charge in [0.05, 0.1) is 0 Å². The summed E-state index contributed by atoms with van der Waals surface area (Å²) in [6.45, 7) is 6.30. The van der Waals surface area contributed by atoms with E-state index in [1.54, 1.807) is 0 Å². The second-order valence-corrected chi connectivity index (χ2v) is 6.22. The Balaban J connectivity index is -0.000000712. The maximum atomic E-state index is 9.47. The number of nitrogens with two attached hydrogens (primary N) is 1. The van der Waals surface area contributed by atoms with Crippen LogP contribution in [0, 0.1) is 0 Å². The van der Waals surface area contributed by atoms with Crippen LogP contribution >= 0.6 is 24.4 Å². The summed E-state index contributed by atoms with van der Waals surface area (Å²) in [5, 5.41) is 16.6. The van der Waals surface area contributed by atoms with Crippen molar-refractivity contribution in [2.75, 3.05) is 13.1 Å². The van der Waals surface area contributed by atoms with Gasteiger partial charge in [-0.25, -0.2) is 0 Å². The Hall–Kier alpha value is -0.101. The first kappa shape index (κ1) is 27.7. The summed E-state index contributed by atoms with van der Waals surface area (Å²) in [5.74, 6) is 0. The maximum Gasteiger partial charge on any atom is 0.256 e. The molecule has 4 nitrogen and oxygen atoms in total. The fourth-order valence-electron chi connectivity index (χ4n) is 2.12. The number of hydrogen-bond donors (Lipinski definition) is 3. The quantitative estimate of drug-likeness (QED) is 0.244. The van der Waals surface area contributed by atoms with E-state index in [4.69, 9.17) is 17.3 Å². The number of thiocarbonyl (C=S) groups is 2. The number of aliphatic hydroxyl groups excluding tert-OH is 2. The molecule has 140 valence electrons. The van der Waals surface area contributed by atoms with E-state index in [9.17, 15) is 5.11 Å². The summed E-state index contributed by atoms with van der Waals surface area (Å²) in [7, 11) is 0. The van der Waals surface area contributed by atoms with Crippen LogP contribution in [0.25, 0.3) is 0 Å². The number of nitrogens with zero attached hydrogens (tertiary/aromatic N) is 1. The molecule has 0 unspecified atom stereocenters. The van der Waals surface area contributed by atoms with Crippen molar-refractivity contribution < 1.29 is 27.3 Å². The molecule has 0 aromatic carbocycles. The number of unbranched alkanes of at least 4 members (excludes halogenated alkanes) is 8. The van der Waals surface area contributed by atoms with Crippen molar-refractivity contribution in [3.63, 3.8) is 0 Å². The molecule has 0 bridgehead atoms. The average molecular weight is 406 g/mol. The van der Waals surface area contributed by atoms with Crippen molar-refractivity contribution in [3.05, 3.63) is 0 Å². The Morgan fingerprint density at radius 2 is 1.09 bits per heavy atom. The van der Waals surface area contributed by atoms with Crippen LogP contribution < -0.4 is 5.73 Å². The second-order valence-electron chi connectivity index (χ2n) is 5.44. The smallest absolute Gasteiger partial charge is 0.256 e. The average Bonchev–Trinajstić information content (AvgIpc) is 2.43. The van der Waals surface area contributed by atoms with E-state index in [2.05, 4.69) is 31.8 Å². The SMILES string of the molecule is CCCCCCCN(CCCCCCC)C(O)=S.NC(O)=S.[Fe]. The fourth-order valence-corrected chi connectivity index (χ4v) is 2.30. The normalized spacial score (nSPS) is 9.30. The molecule has 4 N–H and O–H groups in total. The van der Waals surface area contributed by atoms with Crippen LogP contribution in [-0.4, -0.2) is 38.6 Å². The van der Waals surface area contributed by atoms with Gasteiger partial charge in [-0.1, -0.05) is 65.2 Å². The molecule has 0 aliphatic rings. The minimum atomic E-state index is -0.500. The molecule has 0 saturated carbocycles. The Bertz CT molecular complexity index is 265. The topological polar surface area (TPSA) is 69.7 Å². The first-order valence-corrected chi connectivity index (χ1v) is 9.23. The van der Waals surface area contributed by atoms with Crippen molar-refractivity contribution in [2.45, 2.75) is 78.1 Å². The van der Waals surface area contributed by atoms with Crippen LogP contribution in [-0.2, 0) is 17.1 Å². The maximum absolute atomic E-state index is 9.47. The van der Waals surface area contributed by atoms with Gasteiger partial charge in [-0.05, 0) is 37.3 Å². The zero-order valence-corrected chi connectivity index (χ0v) is 17.3. The van der Waals surface area contributed by atoms with Crippen LogP contribution in [0.3, 0.4) is 0 Å². The number of rotatable bonds is 12. The van der Waals surface area contributed by atoms with Gasteiger partial charge in [0.2, 0.25) is 0 Å². The molecular formula is C16H34FeN2O2S2. The summed E-state index contributed by atoms with van der Waals surface area (Å²) >= 11 is 8.77. The first-order valence-electron chi connectivity index (χ1n) is 8.41. The zero-order chi connectivity index (χ0) is 17.2. The predicted octanol–water partition coefficient (Wildman–Crippen LogP) is 4.86. The molecule has 0 aromatic rings. The Morgan fingerprint density at radius 3 is 1.35 bits per heavy atom. The predicted molar refractivity (Wildman–Crippen MR) is 104 cm³/mol. The van der Waals surface area contributed by atoms with Gasteiger partial charge in [0.15, 0.2) is 0 Å². The molecule has 0 aliphatic carbocycles. The summed E-state index contributed by atoms with van der Waals surface area (Å²) in [6, 6.07) is 0. The summed E-state index contributed by atoms with van der Waals surface area (Å²) in [6.07, 6.45) is 12.6. The van der Waals surface area contributed by atoms with Gasteiger partial charge in [-0.3, -0.25) is 0 Å². The minimum Gasteiger partial charge on any atom is -0.487 e. The molecule has 0 fully saturated rings. The molecule has 0 rings (SSSR count). The van der Waals surface area contributed by atoms with Gasteiger partial charge >= 0.3 is 0 Å². The minimum absolute atomic E-state index is 0. The third kappa shape index (κ3) is 27.1. The van der Waals surface area contributed by atoms with Crippen LogP contribution in [0.5, 0.6) is 0 Å². The van der Waals surface area contributed by atoms with E-state index < -0.39 is 5.17 Å². The van der Waals surface area contributed by atoms with Crippen LogP contribution in [0.15, 0.2) is 0 Å². The molecule has 23 heavy (non-hydrogen) atoms. The standard InChI is InChI=1S/C15H31NOS.CH3NOS.Fe/c1-3-5-7-9-11-13-16(15(17)18)14-12-10-8-6-4-2;2-1(3)4;/h3-14H2,1-2H3,(H,17,18);(H3,2,3,4);. The Morgan fingerprint density at radius 1 is 0.783 bits per heavy atom. The third-order valence-corrected chi connectivity index (χ3v) is 3.59. The van der Waals surface area contributed by atoms with Crippen molar-refractivity contribution in [3.8, 4) is 0 Å². The molecule has 0 aliphatic heterocycles. The van der Waals surface area contributed by atoms with E-state index in [0.29, 0.717) is 0 Å². The van der Waals surface area contributed by atoms with E-state index >= 15 is 0 Å². The summed E-state index contributed by atoms with van der Waals surface area (Å²) in [4.78, 5) is 1.97. The van der Waals surface area contributed by atoms with E-state index in [0.717, 1.165) is 25.9 Å². The van der Waals surface area contributed by atoms with Gasteiger partial charge in [-0.15, -0.1) is 0 Å². The van der Waals surface area contributed by atoms with Gasteiger partial charge in [-0.2, -0.15) is 0 Å². The van der Waals surface area contributed by atoms with Crippen LogP contribution in [0.4, 0.5) is 0 Å². The van der Waals surface area contributed by atoms with Gasteiger partial charge in [0, 0.05) is 30.2 Å². The monoisotopic (exact) mass is 406 g/mol. The molecular weight excluding hydrogens is 372 g/mol. The Kier molecular flexibility index (Phi) is 26.4.